The van der Waals surface area contributed by atoms with Crippen LogP contribution in [0.3, 0.4) is 0 Å². The van der Waals surface area contributed by atoms with Gasteiger partial charge in [-0.05, 0) is 24.1 Å². The fourth-order valence-electron chi connectivity index (χ4n) is 2.13. The second kappa shape index (κ2) is 7.01. The maximum absolute atomic E-state index is 13.7. The number of ether oxygens (including phenoxy) is 2. The second-order valence-corrected chi connectivity index (χ2v) is 5.37. The number of alkyl halides is 1. The first-order valence-electron chi connectivity index (χ1n) is 6.36. The maximum Gasteiger partial charge on any atom is 0.145 e. The summed E-state index contributed by atoms with van der Waals surface area (Å²) in [5.41, 5.74) is 1.25. The van der Waals surface area contributed by atoms with Gasteiger partial charge in [-0.1, -0.05) is 35.9 Å². The number of benzene rings is 2. The normalized spacial score (nSPS) is 12.0. The molecular weight excluding hydrogens is 314 g/mol. The van der Waals surface area contributed by atoms with Crippen LogP contribution in [-0.2, 0) is 6.42 Å². The fraction of sp³-hybridized carbons (Fsp3) is 0.250. The van der Waals surface area contributed by atoms with E-state index in [1.807, 2.05) is 0 Å². The lowest BCUT2D eigenvalue weighted by Gasteiger charge is -2.17. The Morgan fingerprint density at radius 3 is 2.43 bits per heavy atom. The molecule has 2 aromatic rings. The molecule has 1 unspecified atom stereocenters. The van der Waals surface area contributed by atoms with Gasteiger partial charge in [0.1, 0.15) is 22.3 Å². The zero-order valence-electron chi connectivity index (χ0n) is 11.7. The van der Waals surface area contributed by atoms with Gasteiger partial charge in [-0.2, -0.15) is 0 Å². The molecule has 5 heteroatoms. The van der Waals surface area contributed by atoms with Crippen LogP contribution in [0.25, 0.3) is 0 Å². The average Bonchev–Trinajstić information content (AvgIpc) is 2.49. The molecule has 0 saturated carbocycles. The fourth-order valence-corrected chi connectivity index (χ4v) is 2.80. The lowest BCUT2D eigenvalue weighted by atomic mass is 10.0. The number of halogens is 3. The van der Waals surface area contributed by atoms with E-state index in [-0.39, 0.29) is 5.82 Å². The summed E-state index contributed by atoms with van der Waals surface area (Å²) in [6.45, 7) is 0. The molecule has 112 valence electrons. The lowest BCUT2D eigenvalue weighted by Crippen LogP contribution is -2.02. The van der Waals surface area contributed by atoms with E-state index in [0.717, 1.165) is 0 Å². The van der Waals surface area contributed by atoms with Crippen molar-refractivity contribution in [1.29, 1.82) is 0 Å². The third kappa shape index (κ3) is 3.42. The predicted molar refractivity (Wildman–Crippen MR) is 83.3 cm³/mol. The molecule has 21 heavy (non-hydrogen) atoms. The smallest absolute Gasteiger partial charge is 0.145 e. The molecule has 0 fully saturated rings. The number of hydrogen-bond acceptors (Lipinski definition) is 2. The van der Waals surface area contributed by atoms with Gasteiger partial charge in [0.2, 0.25) is 0 Å². The molecule has 2 rings (SSSR count). The maximum atomic E-state index is 13.7. The quantitative estimate of drug-likeness (QED) is 0.717. The van der Waals surface area contributed by atoms with Gasteiger partial charge in [0.05, 0.1) is 19.6 Å². The highest BCUT2D eigenvalue weighted by Crippen LogP contribution is 2.42. The third-order valence-corrected chi connectivity index (χ3v) is 3.96. The Labute approximate surface area is 133 Å². The van der Waals surface area contributed by atoms with Crippen molar-refractivity contribution in [3.05, 3.63) is 58.4 Å². The summed E-state index contributed by atoms with van der Waals surface area (Å²) >= 11 is 12.6. The van der Waals surface area contributed by atoms with Crippen LogP contribution in [0.15, 0.2) is 36.4 Å². The highest BCUT2D eigenvalue weighted by molar-refractivity contribution is 6.34. The molecule has 0 bridgehead atoms. The molecule has 0 aliphatic rings. The summed E-state index contributed by atoms with van der Waals surface area (Å²) in [5.74, 6) is 0.682. The molecule has 0 saturated heterocycles. The van der Waals surface area contributed by atoms with E-state index in [9.17, 15) is 4.39 Å². The second-order valence-electron chi connectivity index (χ2n) is 4.47. The number of rotatable bonds is 5. The summed E-state index contributed by atoms with van der Waals surface area (Å²) in [4.78, 5) is 0. The Morgan fingerprint density at radius 1 is 1.10 bits per heavy atom. The van der Waals surface area contributed by atoms with Crippen LogP contribution in [0.2, 0.25) is 5.02 Å². The molecule has 0 spiro atoms. The Balaban J connectivity index is 2.33. The first kappa shape index (κ1) is 15.9. The van der Waals surface area contributed by atoms with Crippen molar-refractivity contribution in [1.82, 2.24) is 0 Å². The van der Waals surface area contributed by atoms with Gasteiger partial charge in [0.15, 0.2) is 0 Å². The minimum Gasteiger partial charge on any atom is -0.495 e. The molecule has 0 radical (unpaired) electrons. The van der Waals surface area contributed by atoms with E-state index in [1.54, 1.807) is 30.3 Å². The van der Waals surface area contributed by atoms with Gasteiger partial charge in [-0.3, -0.25) is 0 Å². The summed E-state index contributed by atoms with van der Waals surface area (Å²) in [5, 5.41) is -0.100. The van der Waals surface area contributed by atoms with Gasteiger partial charge in [-0.25, -0.2) is 4.39 Å². The highest BCUT2D eigenvalue weighted by atomic mass is 35.5. The van der Waals surface area contributed by atoms with Crippen molar-refractivity contribution in [2.75, 3.05) is 14.2 Å². The first-order chi connectivity index (χ1) is 10.1. The Hall–Kier alpha value is -1.45. The van der Waals surface area contributed by atoms with E-state index in [1.165, 1.54) is 20.3 Å². The zero-order chi connectivity index (χ0) is 15.4. The Bertz CT molecular complexity index is 632. The van der Waals surface area contributed by atoms with Crippen LogP contribution in [0.1, 0.15) is 16.5 Å². The van der Waals surface area contributed by atoms with Crippen molar-refractivity contribution in [2.24, 2.45) is 0 Å². The van der Waals surface area contributed by atoms with E-state index >= 15 is 0 Å². The molecule has 1 atom stereocenters. The molecule has 2 aromatic carbocycles. The topological polar surface area (TPSA) is 18.5 Å². The summed E-state index contributed by atoms with van der Waals surface area (Å²) < 4.78 is 24.2. The summed E-state index contributed by atoms with van der Waals surface area (Å²) in [6.07, 6.45) is 0.341. The monoisotopic (exact) mass is 328 g/mol. The van der Waals surface area contributed by atoms with Crippen molar-refractivity contribution in [2.45, 2.75) is 11.8 Å². The van der Waals surface area contributed by atoms with Crippen molar-refractivity contribution >= 4 is 23.2 Å². The van der Waals surface area contributed by atoms with Gasteiger partial charge in [0.25, 0.3) is 0 Å². The van der Waals surface area contributed by atoms with Gasteiger partial charge < -0.3 is 9.47 Å². The zero-order valence-corrected chi connectivity index (χ0v) is 13.2. The van der Waals surface area contributed by atoms with Gasteiger partial charge in [-0.15, -0.1) is 11.6 Å². The lowest BCUT2D eigenvalue weighted by molar-refractivity contribution is 0.391. The molecule has 0 heterocycles. The third-order valence-electron chi connectivity index (χ3n) is 3.21. The van der Waals surface area contributed by atoms with Crippen LogP contribution in [0, 0.1) is 5.82 Å². The minimum atomic E-state index is -0.458. The van der Waals surface area contributed by atoms with Gasteiger partial charge >= 0.3 is 0 Å². The average molecular weight is 329 g/mol. The van der Waals surface area contributed by atoms with Gasteiger partial charge in [0, 0.05) is 5.56 Å². The molecule has 2 nitrogen and oxygen atoms in total. The van der Waals surface area contributed by atoms with E-state index in [0.29, 0.717) is 34.1 Å². The summed E-state index contributed by atoms with van der Waals surface area (Å²) in [6, 6.07) is 10.0. The van der Waals surface area contributed by atoms with E-state index < -0.39 is 5.38 Å². The Morgan fingerprint density at radius 2 is 1.81 bits per heavy atom. The van der Waals surface area contributed by atoms with Crippen LogP contribution in [0.5, 0.6) is 11.5 Å². The molecular formula is C16H15Cl2FO2. The van der Waals surface area contributed by atoms with Crippen LogP contribution < -0.4 is 9.47 Å². The van der Waals surface area contributed by atoms with Crippen LogP contribution in [-0.4, -0.2) is 14.2 Å². The van der Waals surface area contributed by atoms with E-state index in [2.05, 4.69) is 0 Å². The molecule has 0 amide bonds. The minimum absolute atomic E-state index is 0.276. The largest absolute Gasteiger partial charge is 0.495 e. The molecule has 0 aromatic heterocycles. The summed E-state index contributed by atoms with van der Waals surface area (Å²) in [7, 11) is 3.04. The SMILES string of the molecule is COc1ccc(C(Cl)Cc2ccccc2F)c(OC)c1Cl. The van der Waals surface area contributed by atoms with Crippen LogP contribution in [0.4, 0.5) is 4.39 Å². The predicted octanol–water partition coefficient (Wildman–Crippen LogP) is 5.02. The molecule has 0 N–H and O–H groups in total. The standard InChI is InChI=1S/C16H15Cl2FO2/c1-20-14-8-7-11(16(21-2)15(14)18)12(17)9-10-5-3-4-6-13(10)19/h3-8,12H,9H2,1-2H3. The molecule has 0 aliphatic heterocycles. The first-order valence-corrected chi connectivity index (χ1v) is 7.17. The Kier molecular flexibility index (Phi) is 5.32. The van der Waals surface area contributed by atoms with Crippen LogP contribution >= 0.6 is 23.2 Å². The van der Waals surface area contributed by atoms with Crippen molar-refractivity contribution < 1.29 is 13.9 Å². The van der Waals surface area contributed by atoms with E-state index in [4.69, 9.17) is 32.7 Å². The highest BCUT2D eigenvalue weighted by Gasteiger charge is 2.20. The molecule has 0 aliphatic carbocycles. The van der Waals surface area contributed by atoms with Crippen molar-refractivity contribution in [3.8, 4) is 11.5 Å². The number of methoxy groups -OCH3 is 2. The van der Waals surface area contributed by atoms with Crippen molar-refractivity contribution in [3.63, 3.8) is 0 Å². The number of hydrogen-bond donors (Lipinski definition) is 0.